The lowest BCUT2D eigenvalue weighted by atomic mass is 10.2. The Balaban J connectivity index is 2.10. The summed E-state index contributed by atoms with van der Waals surface area (Å²) in [6, 6.07) is 7.53. The number of aliphatic carboxylic acids is 1. The highest BCUT2D eigenvalue weighted by Gasteiger charge is 2.30. The molecule has 1 atom stereocenters. The SMILES string of the molecule is O=C(O)C1CN(Cc2ccccc2Br)C(=O)CO1. The number of carbonyl (C=O) groups excluding carboxylic acids is 1. The van der Waals surface area contributed by atoms with Crippen LogP contribution in [0.2, 0.25) is 0 Å². The van der Waals surface area contributed by atoms with Gasteiger partial charge in [-0.15, -0.1) is 0 Å². The number of amides is 1. The Morgan fingerprint density at radius 2 is 2.22 bits per heavy atom. The van der Waals surface area contributed by atoms with Crippen molar-refractivity contribution in [1.29, 1.82) is 0 Å². The van der Waals surface area contributed by atoms with Gasteiger partial charge in [-0.05, 0) is 11.6 Å². The van der Waals surface area contributed by atoms with Crippen molar-refractivity contribution in [2.45, 2.75) is 12.6 Å². The highest BCUT2D eigenvalue weighted by molar-refractivity contribution is 9.10. The molecular weight excluding hydrogens is 302 g/mol. The summed E-state index contributed by atoms with van der Waals surface area (Å²) in [5, 5.41) is 8.89. The van der Waals surface area contributed by atoms with Gasteiger partial charge in [0.2, 0.25) is 5.91 Å². The zero-order chi connectivity index (χ0) is 13.1. The van der Waals surface area contributed by atoms with Gasteiger partial charge in [0.05, 0.1) is 6.54 Å². The van der Waals surface area contributed by atoms with Crippen LogP contribution in [-0.2, 0) is 20.9 Å². The Kier molecular flexibility index (Phi) is 3.98. The van der Waals surface area contributed by atoms with E-state index < -0.39 is 12.1 Å². The Morgan fingerprint density at radius 3 is 2.89 bits per heavy atom. The smallest absolute Gasteiger partial charge is 0.334 e. The topological polar surface area (TPSA) is 66.8 Å². The van der Waals surface area contributed by atoms with Crippen molar-refractivity contribution < 1.29 is 19.4 Å². The fourth-order valence-corrected chi connectivity index (χ4v) is 2.16. The molecule has 0 saturated carbocycles. The van der Waals surface area contributed by atoms with Crippen molar-refractivity contribution in [1.82, 2.24) is 4.90 Å². The molecule has 6 heteroatoms. The van der Waals surface area contributed by atoms with E-state index in [0.29, 0.717) is 6.54 Å². The van der Waals surface area contributed by atoms with Crippen LogP contribution in [0.1, 0.15) is 5.56 Å². The fourth-order valence-electron chi connectivity index (χ4n) is 1.75. The number of hydrogen-bond acceptors (Lipinski definition) is 3. The van der Waals surface area contributed by atoms with Gasteiger partial charge in [-0.2, -0.15) is 0 Å². The minimum atomic E-state index is -1.04. The van der Waals surface area contributed by atoms with E-state index in [1.807, 2.05) is 24.3 Å². The third kappa shape index (κ3) is 2.88. The molecule has 1 aromatic rings. The van der Waals surface area contributed by atoms with Crippen molar-refractivity contribution in [2.24, 2.45) is 0 Å². The van der Waals surface area contributed by atoms with Crippen molar-refractivity contribution in [2.75, 3.05) is 13.2 Å². The Bertz CT molecular complexity index is 477. The molecule has 1 saturated heterocycles. The van der Waals surface area contributed by atoms with Crippen LogP contribution in [0.25, 0.3) is 0 Å². The molecule has 1 N–H and O–H groups in total. The lowest BCUT2D eigenvalue weighted by Crippen LogP contribution is -2.49. The highest BCUT2D eigenvalue weighted by Crippen LogP contribution is 2.19. The van der Waals surface area contributed by atoms with Crippen LogP contribution in [0.4, 0.5) is 0 Å². The Labute approximate surface area is 112 Å². The number of nitrogens with zero attached hydrogens (tertiary/aromatic N) is 1. The van der Waals surface area contributed by atoms with Gasteiger partial charge in [0, 0.05) is 11.0 Å². The number of carboxylic acid groups (broad SMARTS) is 1. The van der Waals surface area contributed by atoms with Gasteiger partial charge in [0.15, 0.2) is 6.10 Å². The van der Waals surface area contributed by atoms with Gasteiger partial charge in [-0.25, -0.2) is 4.79 Å². The molecule has 0 aromatic heterocycles. The largest absolute Gasteiger partial charge is 0.479 e. The summed E-state index contributed by atoms with van der Waals surface area (Å²) >= 11 is 3.40. The van der Waals surface area contributed by atoms with Crippen LogP contribution in [-0.4, -0.2) is 41.1 Å². The molecule has 0 aliphatic carbocycles. The van der Waals surface area contributed by atoms with Crippen LogP contribution in [0.5, 0.6) is 0 Å². The average molecular weight is 314 g/mol. The van der Waals surface area contributed by atoms with E-state index in [1.165, 1.54) is 4.90 Å². The third-order valence-electron chi connectivity index (χ3n) is 2.74. The molecule has 1 amide bonds. The van der Waals surface area contributed by atoms with Gasteiger partial charge in [-0.3, -0.25) is 4.79 Å². The van der Waals surface area contributed by atoms with E-state index in [4.69, 9.17) is 9.84 Å². The van der Waals surface area contributed by atoms with Crippen molar-refractivity contribution in [3.63, 3.8) is 0 Å². The molecule has 1 unspecified atom stereocenters. The normalized spacial score (nSPS) is 19.9. The number of morpholine rings is 1. The van der Waals surface area contributed by atoms with Gasteiger partial charge >= 0.3 is 5.97 Å². The molecule has 0 spiro atoms. The molecular formula is C12H12BrNO4. The standard InChI is InChI=1S/C12H12BrNO4/c13-9-4-2-1-3-8(9)5-14-6-10(12(16)17)18-7-11(14)15/h1-4,10H,5-7H2,(H,16,17). The second kappa shape index (κ2) is 5.49. The molecule has 1 aromatic carbocycles. The lowest BCUT2D eigenvalue weighted by molar-refractivity contribution is -0.165. The van der Waals surface area contributed by atoms with Crippen molar-refractivity contribution in [3.8, 4) is 0 Å². The first-order valence-corrected chi connectivity index (χ1v) is 6.23. The minimum Gasteiger partial charge on any atom is -0.479 e. The van der Waals surface area contributed by atoms with E-state index >= 15 is 0 Å². The summed E-state index contributed by atoms with van der Waals surface area (Å²) in [5.74, 6) is -1.23. The number of rotatable bonds is 3. The number of carboxylic acids is 1. The van der Waals surface area contributed by atoms with E-state index in [1.54, 1.807) is 0 Å². The predicted octanol–water partition coefficient (Wildman–Crippen LogP) is 1.26. The monoisotopic (exact) mass is 313 g/mol. The van der Waals surface area contributed by atoms with Crippen LogP contribution < -0.4 is 0 Å². The highest BCUT2D eigenvalue weighted by atomic mass is 79.9. The summed E-state index contributed by atoms with van der Waals surface area (Å²) in [6.07, 6.45) is -0.940. The number of benzene rings is 1. The fraction of sp³-hybridized carbons (Fsp3) is 0.333. The van der Waals surface area contributed by atoms with Gasteiger partial charge in [0.25, 0.3) is 0 Å². The summed E-state index contributed by atoms with van der Waals surface area (Å²) < 4.78 is 5.85. The first-order chi connectivity index (χ1) is 8.58. The average Bonchev–Trinajstić information content (AvgIpc) is 2.34. The van der Waals surface area contributed by atoms with Crippen molar-refractivity contribution in [3.05, 3.63) is 34.3 Å². The van der Waals surface area contributed by atoms with Gasteiger partial charge in [0.1, 0.15) is 6.61 Å². The number of halogens is 1. The molecule has 18 heavy (non-hydrogen) atoms. The van der Waals surface area contributed by atoms with E-state index in [9.17, 15) is 9.59 Å². The molecule has 1 aliphatic heterocycles. The molecule has 1 aliphatic rings. The molecule has 0 radical (unpaired) electrons. The second-order valence-electron chi connectivity index (χ2n) is 4.00. The minimum absolute atomic E-state index is 0.0789. The van der Waals surface area contributed by atoms with E-state index in [0.717, 1.165) is 10.0 Å². The maximum absolute atomic E-state index is 11.7. The van der Waals surface area contributed by atoms with Gasteiger partial charge in [-0.1, -0.05) is 34.1 Å². The second-order valence-corrected chi connectivity index (χ2v) is 4.86. The molecule has 5 nitrogen and oxygen atoms in total. The van der Waals surface area contributed by atoms with Crippen molar-refractivity contribution >= 4 is 27.8 Å². The molecule has 1 heterocycles. The zero-order valence-electron chi connectivity index (χ0n) is 9.51. The first-order valence-electron chi connectivity index (χ1n) is 5.43. The maximum Gasteiger partial charge on any atom is 0.334 e. The van der Waals surface area contributed by atoms with E-state index in [-0.39, 0.29) is 19.1 Å². The summed E-state index contributed by atoms with van der Waals surface area (Å²) in [6.45, 7) is 0.282. The molecule has 1 fully saturated rings. The maximum atomic E-state index is 11.7. The third-order valence-corrected chi connectivity index (χ3v) is 3.52. The summed E-state index contributed by atoms with van der Waals surface area (Å²) in [4.78, 5) is 24.0. The predicted molar refractivity (Wildman–Crippen MR) is 66.9 cm³/mol. The molecule has 96 valence electrons. The van der Waals surface area contributed by atoms with E-state index in [2.05, 4.69) is 15.9 Å². The number of carbonyl (C=O) groups is 2. The summed E-state index contributed by atoms with van der Waals surface area (Å²) in [7, 11) is 0. The quantitative estimate of drug-likeness (QED) is 0.912. The van der Waals surface area contributed by atoms with Crippen LogP contribution in [0.3, 0.4) is 0 Å². The Morgan fingerprint density at radius 1 is 1.50 bits per heavy atom. The van der Waals surface area contributed by atoms with Gasteiger partial charge < -0.3 is 14.7 Å². The molecule has 2 rings (SSSR count). The summed E-state index contributed by atoms with van der Waals surface area (Å²) in [5.41, 5.74) is 0.942. The van der Waals surface area contributed by atoms with Crippen LogP contribution >= 0.6 is 15.9 Å². The first kappa shape index (κ1) is 13.0. The van der Waals surface area contributed by atoms with Crippen LogP contribution in [0, 0.1) is 0 Å². The number of ether oxygens (including phenoxy) is 1. The zero-order valence-corrected chi connectivity index (χ0v) is 11.1. The number of hydrogen-bond donors (Lipinski definition) is 1. The lowest BCUT2D eigenvalue weighted by Gasteiger charge is -2.31. The molecule has 0 bridgehead atoms. The van der Waals surface area contributed by atoms with Crippen LogP contribution in [0.15, 0.2) is 28.7 Å². The Hall–Kier alpha value is -1.40.